The fourth-order valence-electron chi connectivity index (χ4n) is 1.53. The van der Waals surface area contributed by atoms with E-state index in [0.29, 0.717) is 13.1 Å². The van der Waals surface area contributed by atoms with E-state index in [1.165, 1.54) is 0 Å². The Labute approximate surface area is 93.2 Å². The molecule has 0 radical (unpaired) electrons. The molecule has 0 bridgehead atoms. The average molecular weight is 215 g/mol. The van der Waals surface area contributed by atoms with Crippen LogP contribution in [0.25, 0.3) is 0 Å². The zero-order chi connectivity index (χ0) is 11.9. The predicted octanol–water partition coefficient (Wildman–Crippen LogP) is 0.429. The molecule has 0 fully saturated rings. The van der Waals surface area contributed by atoms with Crippen LogP contribution in [0.5, 0.6) is 0 Å². The van der Waals surface area contributed by atoms with Gasteiger partial charge in [-0.3, -0.25) is 4.79 Å². The van der Waals surface area contributed by atoms with Crippen molar-refractivity contribution in [3.8, 4) is 0 Å². The lowest BCUT2D eigenvalue weighted by molar-refractivity contribution is -0.131. The molecule has 4 nitrogen and oxygen atoms in total. The van der Waals surface area contributed by atoms with E-state index in [2.05, 4.69) is 5.32 Å². The summed E-state index contributed by atoms with van der Waals surface area (Å²) in [7, 11) is 3.98. The fourth-order valence-corrected chi connectivity index (χ4v) is 1.53. The van der Waals surface area contributed by atoms with E-state index in [0.717, 1.165) is 19.4 Å². The van der Waals surface area contributed by atoms with Crippen molar-refractivity contribution in [2.45, 2.75) is 26.7 Å². The van der Waals surface area contributed by atoms with E-state index >= 15 is 0 Å². The number of hydrogen-bond donors (Lipinski definition) is 2. The molecule has 15 heavy (non-hydrogen) atoms. The molecule has 0 aliphatic heterocycles. The van der Waals surface area contributed by atoms with Crippen LogP contribution in [-0.4, -0.2) is 44.5 Å². The van der Waals surface area contributed by atoms with E-state index in [1.807, 2.05) is 32.8 Å². The third kappa shape index (κ3) is 4.18. The fraction of sp³-hybridized carbons (Fsp3) is 0.909. The van der Waals surface area contributed by atoms with Crippen molar-refractivity contribution in [3.05, 3.63) is 0 Å². The second kappa shape index (κ2) is 6.80. The van der Waals surface area contributed by atoms with E-state index in [1.54, 1.807) is 0 Å². The monoisotopic (exact) mass is 215 g/mol. The lowest BCUT2D eigenvalue weighted by atomic mass is 9.81. The topological polar surface area (TPSA) is 58.4 Å². The lowest BCUT2D eigenvalue weighted by Crippen LogP contribution is -2.46. The van der Waals surface area contributed by atoms with Gasteiger partial charge in [0, 0.05) is 19.6 Å². The van der Waals surface area contributed by atoms with Gasteiger partial charge >= 0.3 is 0 Å². The minimum Gasteiger partial charge on any atom is -0.354 e. The van der Waals surface area contributed by atoms with Crippen LogP contribution < -0.4 is 11.1 Å². The molecular formula is C11H25N3O. The Hall–Kier alpha value is -0.610. The Morgan fingerprint density at radius 1 is 1.33 bits per heavy atom. The van der Waals surface area contributed by atoms with E-state index in [9.17, 15) is 4.79 Å². The summed E-state index contributed by atoms with van der Waals surface area (Å²) in [5, 5.41) is 2.95. The van der Waals surface area contributed by atoms with Crippen LogP contribution in [0.2, 0.25) is 0 Å². The Kier molecular flexibility index (Phi) is 6.52. The van der Waals surface area contributed by atoms with Crippen LogP contribution >= 0.6 is 0 Å². The van der Waals surface area contributed by atoms with Crippen LogP contribution in [0, 0.1) is 5.41 Å². The van der Waals surface area contributed by atoms with Crippen molar-refractivity contribution in [3.63, 3.8) is 0 Å². The minimum absolute atomic E-state index is 0.0943. The van der Waals surface area contributed by atoms with Gasteiger partial charge in [-0.2, -0.15) is 0 Å². The van der Waals surface area contributed by atoms with Crippen LogP contribution in [0.15, 0.2) is 0 Å². The van der Waals surface area contributed by atoms with Gasteiger partial charge in [-0.05, 0) is 26.9 Å². The maximum absolute atomic E-state index is 11.9. The second-order valence-electron chi connectivity index (χ2n) is 4.25. The van der Waals surface area contributed by atoms with Crippen molar-refractivity contribution in [2.75, 3.05) is 33.7 Å². The smallest absolute Gasteiger partial charge is 0.227 e. The molecule has 0 aliphatic carbocycles. The highest BCUT2D eigenvalue weighted by molar-refractivity contribution is 5.82. The van der Waals surface area contributed by atoms with Crippen molar-refractivity contribution in [1.82, 2.24) is 10.2 Å². The average Bonchev–Trinajstić information content (AvgIpc) is 2.21. The summed E-state index contributed by atoms with van der Waals surface area (Å²) in [6, 6.07) is 0. The third-order valence-corrected chi connectivity index (χ3v) is 3.07. The van der Waals surface area contributed by atoms with Crippen molar-refractivity contribution in [1.29, 1.82) is 0 Å². The number of amides is 1. The van der Waals surface area contributed by atoms with E-state index in [4.69, 9.17) is 5.73 Å². The summed E-state index contributed by atoms with van der Waals surface area (Å²) in [5.74, 6) is 0.0943. The SMILES string of the molecule is CCC(CC)(CN)C(=O)NCCN(C)C. The zero-order valence-electron chi connectivity index (χ0n) is 10.5. The lowest BCUT2D eigenvalue weighted by Gasteiger charge is -2.28. The Morgan fingerprint density at radius 3 is 2.20 bits per heavy atom. The molecule has 1 amide bonds. The van der Waals surface area contributed by atoms with Gasteiger partial charge in [0.05, 0.1) is 5.41 Å². The first kappa shape index (κ1) is 14.4. The quantitative estimate of drug-likeness (QED) is 0.647. The zero-order valence-corrected chi connectivity index (χ0v) is 10.5. The van der Waals surface area contributed by atoms with Crippen molar-refractivity contribution in [2.24, 2.45) is 11.1 Å². The predicted molar refractivity (Wildman–Crippen MR) is 63.6 cm³/mol. The highest BCUT2D eigenvalue weighted by Gasteiger charge is 2.32. The number of carbonyl (C=O) groups is 1. The van der Waals surface area contributed by atoms with E-state index < -0.39 is 0 Å². The van der Waals surface area contributed by atoms with E-state index in [-0.39, 0.29) is 11.3 Å². The standard InChI is InChI=1S/C11H25N3O/c1-5-11(6-2,9-12)10(15)13-7-8-14(3)4/h5-9,12H2,1-4H3,(H,13,15). The van der Waals surface area contributed by atoms with Crippen LogP contribution in [0.1, 0.15) is 26.7 Å². The summed E-state index contributed by atoms with van der Waals surface area (Å²) < 4.78 is 0. The molecule has 0 atom stereocenters. The molecule has 0 aromatic heterocycles. The number of hydrogen-bond acceptors (Lipinski definition) is 3. The molecule has 4 heteroatoms. The normalized spacial score (nSPS) is 11.9. The summed E-state index contributed by atoms with van der Waals surface area (Å²) in [6.07, 6.45) is 1.60. The molecule has 0 heterocycles. The number of rotatable bonds is 7. The first-order valence-corrected chi connectivity index (χ1v) is 5.65. The molecule has 90 valence electrons. The van der Waals surface area contributed by atoms with Crippen molar-refractivity contribution < 1.29 is 4.79 Å². The van der Waals surface area contributed by atoms with Crippen molar-refractivity contribution >= 4 is 5.91 Å². The molecule has 0 aromatic rings. The first-order chi connectivity index (χ1) is 7.02. The third-order valence-electron chi connectivity index (χ3n) is 3.07. The molecule has 0 unspecified atom stereocenters. The Morgan fingerprint density at radius 2 is 1.87 bits per heavy atom. The van der Waals surface area contributed by atoms with Gasteiger partial charge in [0.15, 0.2) is 0 Å². The van der Waals surface area contributed by atoms with Gasteiger partial charge < -0.3 is 16.0 Å². The number of carbonyl (C=O) groups excluding carboxylic acids is 1. The molecule has 0 spiro atoms. The first-order valence-electron chi connectivity index (χ1n) is 5.65. The summed E-state index contributed by atoms with van der Waals surface area (Å²) in [4.78, 5) is 14.0. The highest BCUT2D eigenvalue weighted by Crippen LogP contribution is 2.24. The minimum atomic E-state index is -0.369. The van der Waals surface area contributed by atoms with Gasteiger partial charge in [0.25, 0.3) is 0 Å². The Balaban J connectivity index is 4.15. The molecule has 0 rings (SSSR count). The van der Waals surface area contributed by atoms with Gasteiger partial charge in [0.1, 0.15) is 0 Å². The maximum Gasteiger partial charge on any atom is 0.227 e. The van der Waals surface area contributed by atoms with Gasteiger partial charge in [-0.15, -0.1) is 0 Å². The number of nitrogens with two attached hydrogens (primary N) is 1. The van der Waals surface area contributed by atoms with Gasteiger partial charge in [0.2, 0.25) is 5.91 Å². The van der Waals surface area contributed by atoms with Gasteiger partial charge in [-0.25, -0.2) is 0 Å². The highest BCUT2D eigenvalue weighted by atomic mass is 16.2. The number of nitrogens with zero attached hydrogens (tertiary/aromatic N) is 1. The summed E-state index contributed by atoms with van der Waals surface area (Å²) in [5.41, 5.74) is 5.32. The van der Waals surface area contributed by atoms with Gasteiger partial charge in [-0.1, -0.05) is 13.8 Å². The van der Waals surface area contributed by atoms with Crippen LogP contribution in [0.4, 0.5) is 0 Å². The second-order valence-corrected chi connectivity index (χ2v) is 4.25. The number of nitrogens with one attached hydrogen (secondary N) is 1. The maximum atomic E-state index is 11.9. The largest absolute Gasteiger partial charge is 0.354 e. The molecule has 0 saturated carbocycles. The molecule has 0 aromatic carbocycles. The summed E-state index contributed by atoms with van der Waals surface area (Å²) in [6.45, 7) is 6.00. The molecule has 0 aliphatic rings. The number of likely N-dealkylation sites (N-methyl/N-ethyl adjacent to an activating group) is 1. The molecule has 0 saturated heterocycles. The van der Waals surface area contributed by atoms with Crippen LogP contribution in [-0.2, 0) is 4.79 Å². The Bertz CT molecular complexity index is 180. The summed E-state index contributed by atoms with van der Waals surface area (Å²) >= 11 is 0. The molecule has 3 N–H and O–H groups in total. The molecular weight excluding hydrogens is 190 g/mol. The van der Waals surface area contributed by atoms with Crippen LogP contribution in [0.3, 0.4) is 0 Å².